The molecule has 2 aromatic carbocycles. The minimum atomic E-state index is -5.06. The number of likely N-dealkylation sites (N-methyl/N-ethyl adjacent to an activating group) is 1. The number of hydrogen-bond donors (Lipinski definition) is 2. The molecule has 4 atom stereocenters. The first-order valence-corrected chi connectivity index (χ1v) is 14.5. The summed E-state index contributed by atoms with van der Waals surface area (Å²) in [6, 6.07) is 15.3. The lowest BCUT2D eigenvalue weighted by Gasteiger charge is -2.61. The van der Waals surface area contributed by atoms with Gasteiger partial charge in [0, 0.05) is 24.7 Å². The Kier molecular flexibility index (Phi) is 8.15. The number of alkyl halides is 3. The van der Waals surface area contributed by atoms with Crippen LogP contribution in [0.25, 0.3) is 6.08 Å². The van der Waals surface area contributed by atoms with Crippen molar-refractivity contribution in [2.45, 2.75) is 75.4 Å². The molecule has 5 rings (SSSR count). The van der Waals surface area contributed by atoms with Crippen LogP contribution in [-0.4, -0.2) is 59.7 Å². The Bertz CT molecular complexity index is 1350. The molecule has 10 heteroatoms. The van der Waals surface area contributed by atoms with Crippen LogP contribution < -0.4 is 10.1 Å². The molecule has 226 valence electrons. The fourth-order valence-corrected chi connectivity index (χ4v) is 7.13. The van der Waals surface area contributed by atoms with E-state index >= 15 is 0 Å². The number of piperidine rings is 1. The van der Waals surface area contributed by atoms with Crippen LogP contribution in [0.4, 0.5) is 13.2 Å². The molecule has 42 heavy (non-hydrogen) atoms. The Balaban J connectivity index is 1.54. The van der Waals surface area contributed by atoms with Crippen molar-refractivity contribution >= 4 is 18.0 Å². The number of likely N-dealkylation sites (tertiary alicyclic amines) is 1. The van der Waals surface area contributed by atoms with E-state index in [1.807, 2.05) is 13.1 Å². The third-order valence-electron chi connectivity index (χ3n) is 9.12. The molecule has 2 N–H and O–H groups in total. The number of benzene rings is 2. The minimum Gasteiger partial charge on any atom is -0.427 e. The standard InChI is InChI=1S/C32H37F3N2O5/c1-22(38)41-26-12-8-11-25(18-26)30-15-6-7-16-31(30,40)21-37(2,20-24-13-14-24)28(19-30)36-29(39)27(42-32(33,34)35)17-23-9-4-3-5-10-23/h3-5,8-12,17-18,24,28,40H,6-7,13-16,19-21H2,1-2H3/p+1/t28-,30?,31?,37+/m0/s1. The highest BCUT2D eigenvalue weighted by molar-refractivity contribution is 5.96. The highest BCUT2D eigenvalue weighted by Gasteiger charge is 2.64. The molecule has 0 spiro atoms. The number of rotatable bonds is 8. The first-order chi connectivity index (χ1) is 19.8. The van der Waals surface area contributed by atoms with Gasteiger partial charge in [0.25, 0.3) is 5.91 Å². The molecule has 1 saturated heterocycles. The number of nitrogens with one attached hydrogen (secondary N) is 1. The fraction of sp³-hybridized carbons (Fsp3) is 0.500. The Morgan fingerprint density at radius 1 is 1.10 bits per heavy atom. The lowest BCUT2D eigenvalue weighted by atomic mass is 9.55. The smallest absolute Gasteiger partial charge is 0.427 e. The van der Waals surface area contributed by atoms with Gasteiger partial charge in [-0.3, -0.25) is 14.9 Å². The van der Waals surface area contributed by atoms with Crippen LogP contribution in [0.15, 0.2) is 60.4 Å². The normalized spacial score (nSPS) is 29.8. The van der Waals surface area contributed by atoms with Crippen LogP contribution in [0.3, 0.4) is 0 Å². The minimum absolute atomic E-state index is 0.295. The second-order valence-electron chi connectivity index (χ2n) is 12.4. The zero-order chi connectivity index (χ0) is 30.2. The molecule has 2 aliphatic carbocycles. The molecule has 2 unspecified atom stereocenters. The summed E-state index contributed by atoms with van der Waals surface area (Å²) in [6.45, 7) is 2.33. The number of amides is 1. The molecule has 1 heterocycles. The van der Waals surface area contributed by atoms with Gasteiger partial charge >= 0.3 is 12.3 Å². The maximum Gasteiger partial charge on any atom is 0.573 e. The topological polar surface area (TPSA) is 84.9 Å². The van der Waals surface area contributed by atoms with Crippen LogP contribution >= 0.6 is 0 Å². The van der Waals surface area contributed by atoms with Crippen LogP contribution in [0.2, 0.25) is 0 Å². The summed E-state index contributed by atoms with van der Waals surface area (Å²) in [5, 5.41) is 15.3. The van der Waals surface area contributed by atoms with Gasteiger partial charge < -0.3 is 19.1 Å². The van der Waals surface area contributed by atoms with Gasteiger partial charge in [-0.2, -0.15) is 0 Å². The third kappa shape index (κ3) is 6.49. The molecule has 0 radical (unpaired) electrons. The summed E-state index contributed by atoms with van der Waals surface area (Å²) in [5.74, 6) is -1.50. The number of halogens is 3. The van der Waals surface area contributed by atoms with E-state index in [-0.39, 0.29) is 0 Å². The second-order valence-corrected chi connectivity index (χ2v) is 12.4. The average molecular weight is 588 g/mol. The van der Waals surface area contributed by atoms with Crippen molar-refractivity contribution in [1.82, 2.24) is 5.32 Å². The van der Waals surface area contributed by atoms with E-state index < -0.39 is 41.2 Å². The average Bonchev–Trinajstić information content (AvgIpc) is 3.72. The molecule has 3 fully saturated rings. The molecule has 2 saturated carbocycles. The molecule has 1 amide bonds. The van der Waals surface area contributed by atoms with Gasteiger partial charge in [-0.25, -0.2) is 0 Å². The summed E-state index contributed by atoms with van der Waals surface area (Å²) < 4.78 is 50.2. The Morgan fingerprint density at radius 2 is 1.81 bits per heavy atom. The first kappa shape index (κ1) is 30.1. The largest absolute Gasteiger partial charge is 0.573 e. The molecule has 7 nitrogen and oxygen atoms in total. The van der Waals surface area contributed by atoms with Crippen LogP contribution in [0, 0.1) is 5.92 Å². The molecular weight excluding hydrogens is 549 g/mol. The summed E-state index contributed by atoms with van der Waals surface area (Å²) in [7, 11) is 1.97. The number of hydrogen-bond acceptors (Lipinski definition) is 5. The van der Waals surface area contributed by atoms with Crippen molar-refractivity contribution in [2.75, 3.05) is 20.1 Å². The van der Waals surface area contributed by atoms with Gasteiger partial charge in [-0.15, -0.1) is 13.2 Å². The number of esters is 1. The van der Waals surface area contributed by atoms with Gasteiger partial charge in [0.2, 0.25) is 0 Å². The summed E-state index contributed by atoms with van der Waals surface area (Å²) in [6.07, 6.45) is 0.657. The van der Waals surface area contributed by atoms with Crippen molar-refractivity contribution in [3.05, 3.63) is 71.5 Å². The SMILES string of the molecule is CC(=O)Oc1cccc(C23CCCCC2(O)C[N@@+](C)(CC2CC2)[C@H](NC(=O)C(=Cc2ccccc2)OC(F)(F)F)C3)c1. The quantitative estimate of drug-likeness (QED) is 0.141. The van der Waals surface area contributed by atoms with Gasteiger partial charge in [0.15, 0.2) is 11.9 Å². The van der Waals surface area contributed by atoms with Crippen molar-refractivity contribution in [2.24, 2.45) is 5.92 Å². The molecule has 1 aliphatic heterocycles. The van der Waals surface area contributed by atoms with Crippen LogP contribution in [0.5, 0.6) is 5.75 Å². The number of ether oxygens (including phenoxy) is 2. The zero-order valence-electron chi connectivity index (χ0n) is 24.0. The number of quaternary nitrogens is 1. The van der Waals surface area contributed by atoms with Crippen LogP contribution in [-0.2, 0) is 19.7 Å². The third-order valence-corrected chi connectivity index (χ3v) is 9.12. The van der Waals surface area contributed by atoms with Gasteiger partial charge in [-0.05, 0) is 55.0 Å². The summed E-state index contributed by atoms with van der Waals surface area (Å²) in [5.41, 5.74) is -0.761. The highest BCUT2D eigenvalue weighted by Crippen LogP contribution is 2.55. The van der Waals surface area contributed by atoms with Crippen molar-refractivity contribution in [1.29, 1.82) is 0 Å². The van der Waals surface area contributed by atoms with E-state index in [1.165, 1.54) is 6.92 Å². The van der Waals surface area contributed by atoms with Gasteiger partial charge in [-0.1, -0.05) is 55.3 Å². The zero-order valence-corrected chi connectivity index (χ0v) is 24.0. The molecule has 0 bridgehead atoms. The number of nitrogens with zero attached hydrogens (tertiary/aromatic N) is 1. The predicted octanol–water partition coefficient (Wildman–Crippen LogP) is 5.43. The van der Waals surface area contributed by atoms with E-state index in [1.54, 1.807) is 48.5 Å². The fourth-order valence-electron chi connectivity index (χ4n) is 7.13. The Labute approximate surface area is 243 Å². The van der Waals surface area contributed by atoms with E-state index in [9.17, 15) is 27.9 Å². The molecule has 0 aromatic heterocycles. The van der Waals surface area contributed by atoms with Crippen molar-refractivity contribution in [3.63, 3.8) is 0 Å². The van der Waals surface area contributed by atoms with E-state index in [2.05, 4.69) is 10.1 Å². The summed E-state index contributed by atoms with van der Waals surface area (Å²) >= 11 is 0. The molecular formula is C32H38F3N2O5+. The highest BCUT2D eigenvalue weighted by atomic mass is 19.4. The number of carbonyl (C=O) groups excluding carboxylic acids is 2. The summed E-state index contributed by atoms with van der Waals surface area (Å²) in [4.78, 5) is 25.3. The number of fused-ring (bicyclic) bond motifs is 1. The Morgan fingerprint density at radius 3 is 2.48 bits per heavy atom. The maximum absolute atomic E-state index is 13.6. The van der Waals surface area contributed by atoms with E-state index in [0.29, 0.717) is 54.1 Å². The predicted molar refractivity (Wildman–Crippen MR) is 150 cm³/mol. The lowest BCUT2D eigenvalue weighted by Crippen LogP contribution is -2.76. The number of aliphatic hydroxyl groups is 1. The Hall–Kier alpha value is -3.37. The first-order valence-electron chi connectivity index (χ1n) is 14.5. The maximum atomic E-state index is 13.6. The van der Waals surface area contributed by atoms with Crippen molar-refractivity contribution < 1.29 is 41.8 Å². The monoisotopic (exact) mass is 587 g/mol. The van der Waals surface area contributed by atoms with Gasteiger partial charge in [0.05, 0.1) is 13.6 Å². The van der Waals surface area contributed by atoms with E-state index in [4.69, 9.17) is 4.74 Å². The van der Waals surface area contributed by atoms with Crippen molar-refractivity contribution in [3.8, 4) is 5.75 Å². The molecule has 3 aliphatic rings. The molecule has 2 aromatic rings. The number of carbonyl (C=O) groups is 2. The van der Waals surface area contributed by atoms with E-state index in [0.717, 1.165) is 37.3 Å². The van der Waals surface area contributed by atoms with Gasteiger partial charge in [0.1, 0.15) is 17.9 Å². The van der Waals surface area contributed by atoms with Crippen LogP contribution in [0.1, 0.15) is 63.0 Å². The lowest BCUT2D eigenvalue weighted by molar-refractivity contribution is -0.951. The second kappa shape index (κ2) is 11.4.